The Hall–Kier alpha value is -1.50. The Bertz CT molecular complexity index is 523. The molecule has 0 atom stereocenters. The van der Waals surface area contributed by atoms with Gasteiger partial charge in [0.25, 0.3) is 0 Å². The number of amides is 1. The number of nitrogens with one attached hydrogen (secondary N) is 1. The van der Waals surface area contributed by atoms with Gasteiger partial charge in [0, 0.05) is 20.1 Å². The predicted molar refractivity (Wildman–Crippen MR) is 79.0 cm³/mol. The molecule has 0 spiro atoms. The fraction of sp³-hybridized carbons (Fsp3) is 0.429. The largest absolute Gasteiger partial charge is 0.382 e. The minimum Gasteiger partial charge on any atom is -0.382 e. The van der Waals surface area contributed by atoms with Gasteiger partial charge in [-0.05, 0) is 12.1 Å². The Balaban J connectivity index is 1.68. The number of thiazole rings is 1. The molecule has 0 fully saturated rings. The summed E-state index contributed by atoms with van der Waals surface area (Å²) in [6.45, 7) is 1.58. The summed E-state index contributed by atoms with van der Waals surface area (Å²) in [5.74, 6) is -0.109. The van der Waals surface area contributed by atoms with Crippen LogP contribution in [0.25, 0.3) is 10.2 Å². The Labute approximate surface area is 121 Å². The molecule has 1 aromatic heterocycles. The second-order valence-electron chi connectivity index (χ2n) is 4.22. The van der Waals surface area contributed by atoms with Gasteiger partial charge in [0.15, 0.2) is 0 Å². The van der Waals surface area contributed by atoms with Crippen molar-refractivity contribution in [2.24, 2.45) is 0 Å². The van der Waals surface area contributed by atoms with E-state index in [-0.39, 0.29) is 12.5 Å². The summed E-state index contributed by atoms with van der Waals surface area (Å²) in [6.07, 6.45) is 0.739. The van der Waals surface area contributed by atoms with Crippen LogP contribution in [0, 0.1) is 0 Å². The number of fused-ring (bicyclic) bond motifs is 1. The number of carbonyl (C=O) groups excluding carboxylic acids is 1. The van der Waals surface area contributed by atoms with Crippen molar-refractivity contribution < 1.29 is 14.3 Å². The lowest BCUT2D eigenvalue weighted by Gasteiger charge is -2.04. The van der Waals surface area contributed by atoms with Crippen LogP contribution in [0.4, 0.5) is 0 Å². The molecule has 1 N–H and O–H groups in total. The Kier molecular flexibility index (Phi) is 5.91. The van der Waals surface area contributed by atoms with Crippen LogP contribution in [0.5, 0.6) is 0 Å². The lowest BCUT2D eigenvalue weighted by molar-refractivity contribution is -0.126. The molecule has 20 heavy (non-hydrogen) atoms. The Morgan fingerprint density at radius 2 is 2.20 bits per heavy atom. The zero-order valence-corrected chi connectivity index (χ0v) is 12.2. The molecule has 1 amide bonds. The third kappa shape index (κ3) is 4.56. The number of nitrogens with zero attached hydrogens (tertiary/aromatic N) is 1. The van der Waals surface area contributed by atoms with Crippen molar-refractivity contribution in [3.05, 3.63) is 29.3 Å². The molecular weight excluding hydrogens is 276 g/mol. The monoisotopic (exact) mass is 294 g/mol. The molecule has 0 unspecified atom stereocenters. The van der Waals surface area contributed by atoms with Crippen molar-refractivity contribution in [1.82, 2.24) is 10.3 Å². The topological polar surface area (TPSA) is 60.5 Å². The minimum absolute atomic E-state index is 0.0726. The molecule has 0 aliphatic carbocycles. The highest BCUT2D eigenvalue weighted by Gasteiger charge is 2.04. The van der Waals surface area contributed by atoms with E-state index < -0.39 is 0 Å². The van der Waals surface area contributed by atoms with Gasteiger partial charge in [-0.2, -0.15) is 0 Å². The van der Waals surface area contributed by atoms with Gasteiger partial charge in [-0.25, -0.2) is 4.98 Å². The summed E-state index contributed by atoms with van der Waals surface area (Å²) < 4.78 is 11.1. The highest BCUT2D eigenvalue weighted by Crippen LogP contribution is 2.21. The molecule has 5 nitrogen and oxygen atoms in total. The summed E-state index contributed by atoms with van der Waals surface area (Å²) in [5.41, 5.74) is 1.02. The molecule has 0 aliphatic rings. The molecule has 108 valence electrons. The van der Waals surface area contributed by atoms with E-state index in [2.05, 4.69) is 16.4 Å². The molecular formula is C14H18N2O3S. The van der Waals surface area contributed by atoms with Crippen LogP contribution in [0.3, 0.4) is 0 Å². The van der Waals surface area contributed by atoms with Gasteiger partial charge in [-0.3, -0.25) is 4.79 Å². The van der Waals surface area contributed by atoms with Crippen molar-refractivity contribution in [3.63, 3.8) is 0 Å². The number of ether oxygens (including phenoxy) is 2. The quantitative estimate of drug-likeness (QED) is 0.752. The smallest absolute Gasteiger partial charge is 0.246 e. The molecule has 1 heterocycles. The van der Waals surface area contributed by atoms with E-state index in [0.29, 0.717) is 19.8 Å². The Morgan fingerprint density at radius 1 is 1.35 bits per heavy atom. The van der Waals surface area contributed by atoms with Crippen LogP contribution in [0.15, 0.2) is 24.3 Å². The predicted octanol–water partition coefficient (Wildman–Crippen LogP) is 1.62. The summed E-state index contributed by atoms with van der Waals surface area (Å²) in [4.78, 5) is 16.0. The van der Waals surface area contributed by atoms with Gasteiger partial charge < -0.3 is 14.8 Å². The minimum atomic E-state index is -0.109. The molecule has 2 rings (SSSR count). The van der Waals surface area contributed by atoms with Gasteiger partial charge >= 0.3 is 0 Å². The molecule has 0 saturated heterocycles. The van der Waals surface area contributed by atoms with Gasteiger partial charge in [0.2, 0.25) is 5.91 Å². The van der Waals surface area contributed by atoms with E-state index in [0.717, 1.165) is 16.9 Å². The first-order valence-electron chi connectivity index (χ1n) is 6.47. The first-order chi connectivity index (χ1) is 9.79. The van der Waals surface area contributed by atoms with Crippen LogP contribution < -0.4 is 5.32 Å². The van der Waals surface area contributed by atoms with Gasteiger partial charge in [-0.1, -0.05) is 12.1 Å². The number of rotatable bonds is 8. The molecule has 0 radical (unpaired) electrons. The first kappa shape index (κ1) is 14.9. The number of hydrogen-bond acceptors (Lipinski definition) is 5. The zero-order chi connectivity index (χ0) is 14.2. The summed E-state index contributed by atoms with van der Waals surface area (Å²) in [6, 6.07) is 8.03. The SMILES string of the molecule is COCCOCC(=O)NCCc1nc2ccccc2s1. The molecule has 0 bridgehead atoms. The van der Waals surface area contributed by atoms with Gasteiger partial charge in [0.05, 0.1) is 28.4 Å². The highest BCUT2D eigenvalue weighted by molar-refractivity contribution is 7.18. The van der Waals surface area contributed by atoms with E-state index >= 15 is 0 Å². The lowest BCUT2D eigenvalue weighted by Crippen LogP contribution is -2.29. The number of aromatic nitrogens is 1. The maximum absolute atomic E-state index is 11.5. The van der Waals surface area contributed by atoms with Crippen molar-refractivity contribution >= 4 is 27.5 Å². The van der Waals surface area contributed by atoms with Crippen LogP contribution in [-0.4, -0.2) is 44.4 Å². The number of para-hydroxylation sites is 1. The van der Waals surface area contributed by atoms with E-state index in [1.165, 1.54) is 4.70 Å². The third-order valence-electron chi connectivity index (χ3n) is 2.66. The molecule has 0 aliphatic heterocycles. The maximum atomic E-state index is 11.5. The van der Waals surface area contributed by atoms with Crippen molar-refractivity contribution in [3.8, 4) is 0 Å². The average Bonchev–Trinajstić information content (AvgIpc) is 2.86. The number of carbonyl (C=O) groups is 1. The summed E-state index contributed by atoms with van der Waals surface area (Å²) >= 11 is 1.66. The lowest BCUT2D eigenvalue weighted by atomic mass is 10.3. The van der Waals surface area contributed by atoms with E-state index in [1.807, 2.05) is 18.2 Å². The fourth-order valence-corrected chi connectivity index (χ4v) is 2.66. The standard InChI is InChI=1S/C14H18N2O3S/c1-18-8-9-19-10-13(17)15-7-6-14-16-11-4-2-3-5-12(11)20-14/h2-5H,6-10H2,1H3,(H,15,17). The second kappa shape index (κ2) is 7.94. The number of methoxy groups -OCH3 is 1. The van der Waals surface area contributed by atoms with Gasteiger partial charge in [-0.15, -0.1) is 11.3 Å². The van der Waals surface area contributed by atoms with Crippen LogP contribution >= 0.6 is 11.3 Å². The Morgan fingerprint density at radius 3 is 3.00 bits per heavy atom. The second-order valence-corrected chi connectivity index (χ2v) is 5.34. The van der Waals surface area contributed by atoms with Crippen LogP contribution in [0.1, 0.15) is 5.01 Å². The van der Waals surface area contributed by atoms with Crippen LogP contribution in [0.2, 0.25) is 0 Å². The summed E-state index contributed by atoms with van der Waals surface area (Å²) in [5, 5.41) is 3.85. The molecule has 0 saturated carbocycles. The highest BCUT2D eigenvalue weighted by atomic mass is 32.1. The molecule has 2 aromatic rings. The third-order valence-corrected chi connectivity index (χ3v) is 3.76. The first-order valence-corrected chi connectivity index (χ1v) is 7.29. The van der Waals surface area contributed by atoms with Gasteiger partial charge in [0.1, 0.15) is 6.61 Å². The fourth-order valence-electron chi connectivity index (χ4n) is 1.69. The molecule has 1 aromatic carbocycles. The van der Waals surface area contributed by atoms with E-state index in [9.17, 15) is 4.79 Å². The van der Waals surface area contributed by atoms with E-state index in [4.69, 9.17) is 9.47 Å². The number of benzene rings is 1. The van der Waals surface area contributed by atoms with Crippen LogP contribution in [-0.2, 0) is 20.7 Å². The molecule has 6 heteroatoms. The van der Waals surface area contributed by atoms with E-state index in [1.54, 1.807) is 18.4 Å². The van der Waals surface area contributed by atoms with Crippen molar-refractivity contribution in [2.75, 3.05) is 33.5 Å². The maximum Gasteiger partial charge on any atom is 0.246 e. The zero-order valence-electron chi connectivity index (χ0n) is 11.4. The normalized spacial score (nSPS) is 10.8. The van der Waals surface area contributed by atoms with Crippen molar-refractivity contribution in [2.45, 2.75) is 6.42 Å². The number of hydrogen-bond donors (Lipinski definition) is 1. The average molecular weight is 294 g/mol. The summed E-state index contributed by atoms with van der Waals surface area (Å²) in [7, 11) is 1.60. The van der Waals surface area contributed by atoms with Crippen molar-refractivity contribution in [1.29, 1.82) is 0 Å².